The Morgan fingerprint density at radius 3 is 2.92 bits per heavy atom. The summed E-state index contributed by atoms with van der Waals surface area (Å²) in [4.78, 5) is 0. The van der Waals surface area contributed by atoms with E-state index in [-0.39, 0.29) is 0 Å². The zero-order valence-corrected chi connectivity index (χ0v) is 9.74. The molecule has 1 N–H and O–H groups in total. The van der Waals surface area contributed by atoms with Gasteiger partial charge in [-0.25, -0.2) is 0 Å². The highest BCUT2D eigenvalue weighted by molar-refractivity contribution is 9.10. The van der Waals surface area contributed by atoms with Gasteiger partial charge in [0.05, 0.1) is 0 Å². The molecule has 0 bridgehead atoms. The van der Waals surface area contributed by atoms with Crippen molar-refractivity contribution in [3.63, 3.8) is 0 Å². The summed E-state index contributed by atoms with van der Waals surface area (Å²) in [6.07, 6.45) is 1.02. The Bertz CT molecular complexity index is 252. The summed E-state index contributed by atoms with van der Waals surface area (Å²) in [5.41, 5.74) is 1.30. The molecule has 0 aliphatic carbocycles. The predicted molar refractivity (Wildman–Crippen MR) is 61.2 cm³/mol. The van der Waals surface area contributed by atoms with Crippen molar-refractivity contribution in [2.45, 2.75) is 13.0 Å². The molecule has 0 fully saturated rings. The van der Waals surface area contributed by atoms with Crippen molar-refractivity contribution in [1.82, 2.24) is 5.32 Å². The zero-order chi connectivity index (χ0) is 9.52. The molecule has 1 aromatic carbocycles. The molecule has 3 heteroatoms. The van der Waals surface area contributed by atoms with E-state index in [1.165, 1.54) is 5.56 Å². The molecule has 13 heavy (non-hydrogen) atoms. The quantitative estimate of drug-likeness (QED) is 0.635. The van der Waals surface area contributed by atoms with Gasteiger partial charge in [0.2, 0.25) is 0 Å². The fourth-order valence-electron chi connectivity index (χ4n) is 1.07. The molecule has 1 rings (SSSR count). The highest BCUT2D eigenvalue weighted by Gasteiger charge is 1.92. The number of benzene rings is 1. The minimum Gasteiger partial charge on any atom is -0.313 e. The van der Waals surface area contributed by atoms with Gasteiger partial charge in [-0.2, -0.15) is 0 Å². The standard InChI is InChI=1S/C10H13BrClN/c11-10-4-1-3-9(7-10)8-13-6-2-5-12/h1,3-4,7,13H,2,5-6,8H2. The first kappa shape index (κ1) is 11.0. The van der Waals surface area contributed by atoms with E-state index in [1.807, 2.05) is 12.1 Å². The summed E-state index contributed by atoms with van der Waals surface area (Å²) in [7, 11) is 0. The molecule has 0 aliphatic heterocycles. The van der Waals surface area contributed by atoms with Crippen molar-refractivity contribution in [1.29, 1.82) is 0 Å². The number of nitrogens with one attached hydrogen (secondary N) is 1. The molecule has 0 saturated carbocycles. The van der Waals surface area contributed by atoms with E-state index in [2.05, 4.69) is 33.4 Å². The SMILES string of the molecule is ClCCCNCc1cccc(Br)c1. The summed E-state index contributed by atoms with van der Waals surface area (Å²) in [6.45, 7) is 1.90. The van der Waals surface area contributed by atoms with Crippen molar-refractivity contribution in [2.24, 2.45) is 0 Å². The first-order valence-corrected chi connectivity index (χ1v) is 5.67. The summed E-state index contributed by atoms with van der Waals surface area (Å²) < 4.78 is 1.13. The second-order valence-electron chi connectivity index (χ2n) is 2.85. The second kappa shape index (κ2) is 6.41. The zero-order valence-electron chi connectivity index (χ0n) is 7.39. The maximum Gasteiger partial charge on any atom is 0.0235 e. The van der Waals surface area contributed by atoms with Crippen LogP contribution in [0.15, 0.2) is 28.7 Å². The van der Waals surface area contributed by atoms with Crippen molar-refractivity contribution in [3.05, 3.63) is 34.3 Å². The van der Waals surface area contributed by atoms with Crippen LogP contribution in [-0.4, -0.2) is 12.4 Å². The summed E-state index contributed by atoms with van der Waals surface area (Å²) in [6, 6.07) is 8.30. The molecule has 1 aromatic rings. The van der Waals surface area contributed by atoms with E-state index in [0.29, 0.717) is 0 Å². The van der Waals surface area contributed by atoms with Crippen molar-refractivity contribution < 1.29 is 0 Å². The van der Waals surface area contributed by atoms with Gasteiger partial charge in [-0.1, -0.05) is 28.1 Å². The first-order valence-electron chi connectivity index (χ1n) is 4.34. The lowest BCUT2D eigenvalue weighted by atomic mass is 10.2. The number of halogens is 2. The molecular formula is C10H13BrClN. The molecule has 0 radical (unpaired) electrons. The average Bonchev–Trinajstić information content (AvgIpc) is 2.13. The highest BCUT2D eigenvalue weighted by atomic mass is 79.9. The van der Waals surface area contributed by atoms with Crippen LogP contribution in [0.25, 0.3) is 0 Å². The minimum absolute atomic E-state index is 0.728. The fraction of sp³-hybridized carbons (Fsp3) is 0.400. The lowest BCUT2D eigenvalue weighted by molar-refractivity contribution is 0.677. The van der Waals surface area contributed by atoms with Crippen LogP contribution < -0.4 is 5.32 Å². The third-order valence-electron chi connectivity index (χ3n) is 1.71. The van der Waals surface area contributed by atoms with Gasteiger partial charge in [0.25, 0.3) is 0 Å². The smallest absolute Gasteiger partial charge is 0.0235 e. The molecule has 0 aliphatic rings. The first-order chi connectivity index (χ1) is 6.33. The molecule has 0 heterocycles. The Kier molecular flexibility index (Phi) is 5.44. The summed E-state index contributed by atoms with van der Waals surface area (Å²) in [5, 5.41) is 3.32. The monoisotopic (exact) mass is 261 g/mol. The number of hydrogen-bond acceptors (Lipinski definition) is 1. The van der Waals surface area contributed by atoms with Crippen LogP contribution in [0.1, 0.15) is 12.0 Å². The number of rotatable bonds is 5. The predicted octanol–water partition coefficient (Wildman–Crippen LogP) is 3.17. The Morgan fingerprint density at radius 1 is 1.38 bits per heavy atom. The van der Waals surface area contributed by atoms with Crippen LogP contribution >= 0.6 is 27.5 Å². The fourth-order valence-corrected chi connectivity index (χ4v) is 1.65. The van der Waals surface area contributed by atoms with Crippen molar-refractivity contribution >= 4 is 27.5 Å². The molecule has 0 saturated heterocycles. The second-order valence-corrected chi connectivity index (χ2v) is 4.14. The molecule has 0 spiro atoms. The Hall–Kier alpha value is -0.0500. The van der Waals surface area contributed by atoms with Gasteiger partial charge in [0, 0.05) is 16.9 Å². The Labute approximate surface area is 92.6 Å². The molecule has 0 atom stereocenters. The van der Waals surface area contributed by atoms with E-state index in [1.54, 1.807) is 0 Å². The van der Waals surface area contributed by atoms with Gasteiger partial charge >= 0.3 is 0 Å². The Morgan fingerprint density at radius 2 is 2.23 bits per heavy atom. The van der Waals surface area contributed by atoms with Crippen LogP contribution in [0.5, 0.6) is 0 Å². The highest BCUT2D eigenvalue weighted by Crippen LogP contribution is 2.11. The van der Waals surface area contributed by atoms with Crippen LogP contribution in [0.2, 0.25) is 0 Å². The van der Waals surface area contributed by atoms with Crippen molar-refractivity contribution in [3.8, 4) is 0 Å². The largest absolute Gasteiger partial charge is 0.313 e. The third-order valence-corrected chi connectivity index (χ3v) is 2.47. The lowest BCUT2D eigenvalue weighted by Crippen LogP contribution is -2.14. The minimum atomic E-state index is 0.728. The van der Waals surface area contributed by atoms with Gasteiger partial charge < -0.3 is 5.32 Å². The molecule has 1 nitrogen and oxygen atoms in total. The van der Waals surface area contributed by atoms with E-state index in [0.717, 1.165) is 29.9 Å². The van der Waals surface area contributed by atoms with E-state index >= 15 is 0 Å². The van der Waals surface area contributed by atoms with Crippen LogP contribution in [0.3, 0.4) is 0 Å². The molecule has 72 valence electrons. The Balaban J connectivity index is 2.28. The molecule has 0 amide bonds. The van der Waals surface area contributed by atoms with E-state index in [4.69, 9.17) is 11.6 Å². The maximum absolute atomic E-state index is 5.56. The van der Waals surface area contributed by atoms with Crippen LogP contribution in [0.4, 0.5) is 0 Å². The maximum atomic E-state index is 5.56. The third kappa shape index (κ3) is 4.65. The van der Waals surface area contributed by atoms with Crippen LogP contribution in [-0.2, 0) is 6.54 Å². The summed E-state index contributed by atoms with van der Waals surface area (Å²) >= 11 is 9.00. The van der Waals surface area contributed by atoms with Gasteiger partial charge in [-0.3, -0.25) is 0 Å². The van der Waals surface area contributed by atoms with E-state index in [9.17, 15) is 0 Å². The molecule has 0 aromatic heterocycles. The van der Waals surface area contributed by atoms with Crippen molar-refractivity contribution in [2.75, 3.05) is 12.4 Å². The topological polar surface area (TPSA) is 12.0 Å². The summed E-state index contributed by atoms with van der Waals surface area (Å²) in [5.74, 6) is 0.728. The average molecular weight is 263 g/mol. The van der Waals surface area contributed by atoms with E-state index < -0.39 is 0 Å². The normalized spacial score (nSPS) is 10.3. The number of alkyl halides is 1. The van der Waals surface area contributed by atoms with Gasteiger partial charge in [-0.15, -0.1) is 11.6 Å². The number of hydrogen-bond donors (Lipinski definition) is 1. The molecule has 0 unspecified atom stereocenters. The van der Waals surface area contributed by atoms with Gasteiger partial charge in [0.15, 0.2) is 0 Å². The lowest BCUT2D eigenvalue weighted by Gasteiger charge is -2.03. The molecular weight excluding hydrogens is 249 g/mol. The van der Waals surface area contributed by atoms with Crippen LogP contribution in [0, 0.1) is 0 Å². The van der Waals surface area contributed by atoms with Gasteiger partial charge in [-0.05, 0) is 30.7 Å². The van der Waals surface area contributed by atoms with Gasteiger partial charge in [0.1, 0.15) is 0 Å².